The number of carbonyl (C=O) groups excluding carboxylic acids is 1. The summed E-state index contributed by atoms with van der Waals surface area (Å²) in [5.74, 6) is 0.684. The van der Waals surface area contributed by atoms with Crippen LogP contribution in [0, 0.1) is 12.8 Å². The van der Waals surface area contributed by atoms with Crippen molar-refractivity contribution >= 4 is 17.2 Å². The molecule has 4 rings (SSSR count). The van der Waals surface area contributed by atoms with E-state index in [1.165, 1.54) is 0 Å². The van der Waals surface area contributed by atoms with Crippen LogP contribution in [-0.2, 0) is 6.54 Å². The van der Waals surface area contributed by atoms with Gasteiger partial charge in [0.15, 0.2) is 0 Å². The van der Waals surface area contributed by atoms with Crippen LogP contribution in [0.1, 0.15) is 28.9 Å². The van der Waals surface area contributed by atoms with Gasteiger partial charge >= 0.3 is 0 Å². The number of aromatic nitrogens is 3. The topological polar surface area (TPSA) is 51.0 Å². The largest absolute Gasteiger partial charge is 0.339 e. The van der Waals surface area contributed by atoms with Gasteiger partial charge in [-0.3, -0.25) is 14.5 Å². The van der Waals surface area contributed by atoms with Crippen LogP contribution in [0.15, 0.2) is 47.4 Å². The van der Waals surface area contributed by atoms with Crippen molar-refractivity contribution in [2.45, 2.75) is 26.3 Å². The molecular weight excluding hydrogens is 344 g/mol. The summed E-state index contributed by atoms with van der Waals surface area (Å²) in [5.41, 5.74) is 3.56. The van der Waals surface area contributed by atoms with Gasteiger partial charge in [-0.1, -0.05) is 0 Å². The maximum absolute atomic E-state index is 12.9. The van der Waals surface area contributed by atoms with Gasteiger partial charge < -0.3 is 4.90 Å². The Balaban J connectivity index is 1.40. The van der Waals surface area contributed by atoms with Gasteiger partial charge in [0.1, 0.15) is 0 Å². The van der Waals surface area contributed by atoms with Crippen molar-refractivity contribution in [3.05, 3.63) is 58.7 Å². The molecule has 0 aliphatic carbocycles. The predicted octanol–water partition coefficient (Wildman–Crippen LogP) is 3.87. The lowest BCUT2D eigenvalue weighted by Gasteiger charge is -2.32. The highest BCUT2D eigenvalue weighted by atomic mass is 32.1. The summed E-state index contributed by atoms with van der Waals surface area (Å²) in [5, 5.41) is 8.40. The fourth-order valence-electron chi connectivity index (χ4n) is 3.52. The average molecular weight is 366 g/mol. The predicted molar refractivity (Wildman–Crippen MR) is 103 cm³/mol. The first kappa shape index (κ1) is 17.0. The Hall–Kier alpha value is -2.47. The zero-order valence-corrected chi connectivity index (χ0v) is 15.7. The second-order valence-electron chi connectivity index (χ2n) is 6.81. The van der Waals surface area contributed by atoms with Crippen LogP contribution in [0.3, 0.4) is 0 Å². The Kier molecular flexibility index (Phi) is 4.84. The zero-order valence-electron chi connectivity index (χ0n) is 14.8. The summed E-state index contributed by atoms with van der Waals surface area (Å²) in [4.78, 5) is 19.5. The van der Waals surface area contributed by atoms with E-state index in [4.69, 9.17) is 0 Å². The van der Waals surface area contributed by atoms with Gasteiger partial charge in [-0.25, -0.2) is 0 Å². The molecule has 26 heavy (non-hydrogen) atoms. The molecule has 1 saturated heterocycles. The van der Waals surface area contributed by atoms with Crippen molar-refractivity contribution in [1.82, 2.24) is 19.7 Å². The molecular formula is C20H22N4OS. The lowest BCUT2D eigenvalue weighted by Crippen LogP contribution is -2.39. The van der Waals surface area contributed by atoms with Crippen molar-refractivity contribution in [2.75, 3.05) is 13.1 Å². The molecule has 5 nitrogen and oxygen atoms in total. The molecule has 6 heteroatoms. The van der Waals surface area contributed by atoms with Crippen LogP contribution in [0.2, 0.25) is 0 Å². The fourth-order valence-corrected chi connectivity index (χ4v) is 4.17. The van der Waals surface area contributed by atoms with Crippen LogP contribution in [0.4, 0.5) is 0 Å². The molecule has 0 spiro atoms. The van der Waals surface area contributed by atoms with E-state index in [1.807, 2.05) is 52.5 Å². The van der Waals surface area contributed by atoms with Gasteiger partial charge in [0.25, 0.3) is 5.91 Å². The van der Waals surface area contributed by atoms with Crippen LogP contribution < -0.4 is 0 Å². The quantitative estimate of drug-likeness (QED) is 0.704. The summed E-state index contributed by atoms with van der Waals surface area (Å²) in [7, 11) is 0. The Morgan fingerprint density at radius 2 is 2.12 bits per heavy atom. The number of carbonyl (C=O) groups is 1. The molecule has 134 valence electrons. The van der Waals surface area contributed by atoms with Crippen molar-refractivity contribution in [3.8, 4) is 11.3 Å². The molecule has 0 aromatic carbocycles. The molecule has 1 fully saturated rings. The molecule has 0 saturated carbocycles. The lowest BCUT2D eigenvalue weighted by molar-refractivity contribution is 0.0680. The summed E-state index contributed by atoms with van der Waals surface area (Å²) in [6.07, 6.45) is 5.85. The zero-order chi connectivity index (χ0) is 17.9. The van der Waals surface area contributed by atoms with Gasteiger partial charge in [0.05, 0.1) is 17.0 Å². The van der Waals surface area contributed by atoms with E-state index in [0.29, 0.717) is 5.92 Å². The molecule has 1 aliphatic heterocycles. The number of hydrogen-bond donors (Lipinski definition) is 0. The van der Waals surface area contributed by atoms with E-state index >= 15 is 0 Å². The highest BCUT2D eigenvalue weighted by molar-refractivity contribution is 7.08. The first-order chi connectivity index (χ1) is 12.7. The maximum atomic E-state index is 12.9. The number of nitrogens with zero attached hydrogens (tertiary/aromatic N) is 4. The first-order valence-electron chi connectivity index (χ1n) is 8.97. The average Bonchev–Trinajstić information content (AvgIpc) is 3.36. The Bertz CT molecular complexity index is 865. The van der Waals surface area contributed by atoms with E-state index < -0.39 is 0 Å². The minimum Gasteiger partial charge on any atom is -0.339 e. The lowest BCUT2D eigenvalue weighted by atomic mass is 9.96. The molecule has 3 aromatic rings. The third-order valence-corrected chi connectivity index (χ3v) is 5.72. The molecule has 0 atom stereocenters. The van der Waals surface area contributed by atoms with Crippen molar-refractivity contribution < 1.29 is 4.79 Å². The van der Waals surface area contributed by atoms with Gasteiger partial charge in [0, 0.05) is 43.0 Å². The molecule has 0 unspecified atom stereocenters. The van der Waals surface area contributed by atoms with E-state index in [9.17, 15) is 4.79 Å². The molecule has 4 heterocycles. The van der Waals surface area contributed by atoms with Crippen molar-refractivity contribution in [1.29, 1.82) is 0 Å². The summed E-state index contributed by atoms with van der Waals surface area (Å²) in [6, 6.07) is 7.88. The Morgan fingerprint density at radius 3 is 2.77 bits per heavy atom. The number of pyridine rings is 1. The summed E-state index contributed by atoms with van der Waals surface area (Å²) < 4.78 is 1.99. The Morgan fingerprint density at radius 1 is 1.27 bits per heavy atom. The van der Waals surface area contributed by atoms with Crippen LogP contribution in [0.25, 0.3) is 11.3 Å². The molecule has 0 bridgehead atoms. The number of amides is 1. The van der Waals surface area contributed by atoms with Gasteiger partial charge in [-0.2, -0.15) is 16.4 Å². The molecule has 0 radical (unpaired) electrons. The number of rotatable bonds is 4. The van der Waals surface area contributed by atoms with E-state index in [-0.39, 0.29) is 5.91 Å². The minimum atomic E-state index is 0.101. The smallest absolute Gasteiger partial charge is 0.255 e. The third kappa shape index (κ3) is 3.55. The summed E-state index contributed by atoms with van der Waals surface area (Å²) >= 11 is 1.65. The fraction of sp³-hybridized carbons (Fsp3) is 0.350. The first-order valence-corrected chi connectivity index (χ1v) is 9.92. The van der Waals surface area contributed by atoms with Crippen molar-refractivity contribution in [2.24, 2.45) is 5.92 Å². The highest BCUT2D eigenvalue weighted by Gasteiger charge is 2.25. The van der Waals surface area contributed by atoms with Crippen molar-refractivity contribution in [3.63, 3.8) is 0 Å². The normalized spacial score (nSPS) is 15.3. The van der Waals surface area contributed by atoms with Gasteiger partial charge in [-0.15, -0.1) is 0 Å². The number of thiophene rings is 1. The van der Waals surface area contributed by atoms with Gasteiger partial charge in [-0.05, 0) is 55.3 Å². The molecule has 0 N–H and O–H groups in total. The maximum Gasteiger partial charge on any atom is 0.255 e. The second kappa shape index (κ2) is 7.41. The summed E-state index contributed by atoms with van der Waals surface area (Å²) in [6.45, 7) is 4.46. The number of piperidine rings is 1. The highest BCUT2D eigenvalue weighted by Crippen LogP contribution is 2.24. The second-order valence-corrected chi connectivity index (χ2v) is 7.59. The third-order valence-electron chi connectivity index (χ3n) is 5.04. The van der Waals surface area contributed by atoms with Crippen LogP contribution in [-0.4, -0.2) is 38.7 Å². The molecule has 3 aromatic heterocycles. The molecule has 1 amide bonds. The number of aryl methyl sites for hydroxylation is 1. The Labute approximate surface area is 157 Å². The SMILES string of the molecule is Cc1nc(-c2ccsc2)ccc1C(=O)N1CCC(Cn2cccn2)CC1. The standard InChI is InChI=1S/C20H22N4OS/c1-15-18(3-4-19(22-15)17-7-12-26-14-17)20(25)23-10-5-16(6-11-23)13-24-9-2-8-21-24/h2-4,7-9,12,14,16H,5-6,10-11,13H2,1H3. The van der Waals surface area contributed by atoms with Crippen LogP contribution in [0.5, 0.6) is 0 Å². The van der Waals surface area contributed by atoms with E-state index in [0.717, 1.165) is 55.0 Å². The number of likely N-dealkylation sites (tertiary alicyclic amines) is 1. The minimum absolute atomic E-state index is 0.101. The van der Waals surface area contributed by atoms with Crippen LogP contribution >= 0.6 is 11.3 Å². The number of hydrogen-bond acceptors (Lipinski definition) is 4. The van der Waals surface area contributed by atoms with E-state index in [2.05, 4.69) is 21.5 Å². The monoisotopic (exact) mass is 366 g/mol. The van der Waals surface area contributed by atoms with E-state index in [1.54, 1.807) is 11.3 Å². The molecule has 1 aliphatic rings. The van der Waals surface area contributed by atoms with Gasteiger partial charge in [0.2, 0.25) is 0 Å².